The fraction of sp³-hybridized carbons (Fsp3) is 0.111. The van der Waals surface area contributed by atoms with E-state index in [1.807, 2.05) is 32.1 Å². The Morgan fingerprint density at radius 1 is 1.09 bits per heavy atom. The number of ketones is 1. The van der Waals surface area contributed by atoms with Crippen LogP contribution in [0.3, 0.4) is 0 Å². The molecule has 3 aromatic rings. The van der Waals surface area contributed by atoms with Gasteiger partial charge in [0.1, 0.15) is 10.8 Å². The van der Waals surface area contributed by atoms with E-state index in [1.165, 1.54) is 16.2 Å². The van der Waals surface area contributed by atoms with Crippen LogP contribution >= 0.6 is 22.7 Å². The number of hydrogen-bond donors (Lipinski definition) is 1. The minimum atomic E-state index is -0.0314. The first-order valence-electron chi connectivity index (χ1n) is 7.08. The Balaban J connectivity index is 1.84. The van der Waals surface area contributed by atoms with Gasteiger partial charge in [0.05, 0.1) is 10.6 Å². The van der Waals surface area contributed by atoms with E-state index >= 15 is 0 Å². The van der Waals surface area contributed by atoms with E-state index in [0.29, 0.717) is 4.88 Å². The second-order valence-electron chi connectivity index (χ2n) is 5.13. The van der Waals surface area contributed by atoms with Gasteiger partial charge in [-0.15, -0.1) is 22.7 Å². The van der Waals surface area contributed by atoms with Gasteiger partial charge in [0.25, 0.3) is 0 Å². The number of aromatic nitrogens is 1. The summed E-state index contributed by atoms with van der Waals surface area (Å²) in [6.07, 6.45) is 3.45. The van der Waals surface area contributed by atoms with Crippen LogP contribution in [-0.2, 0) is 0 Å². The van der Waals surface area contributed by atoms with Crippen LogP contribution < -0.4 is 0 Å². The second-order valence-corrected chi connectivity index (χ2v) is 7.44. The van der Waals surface area contributed by atoms with Crippen LogP contribution in [0, 0.1) is 13.8 Å². The number of phenolic OH excluding ortho intramolecular Hbond substituents is 1. The summed E-state index contributed by atoms with van der Waals surface area (Å²) in [7, 11) is 0. The monoisotopic (exact) mass is 341 g/mol. The minimum Gasteiger partial charge on any atom is -0.508 e. The lowest BCUT2D eigenvalue weighted by atomic mass is 10.2. The van der Waals surface area contributed by atoms with Crippen molar-refractivity contribution in [2.45, 2.75) is 13.8 Å². The van der Waals surface area contributed by atoms with Gasteiger partial charge in [-0.1, -0.05) is 0 Å². The summed E-state index contributed by atoms with van der Waals surface area (Å²) in [6.45, 7) is 3.89. The highest BCUT2D eigenvalue weighted by atomic mass is 32.1. The molecule has 0 bridgehead atoms. The van der Waals surface area contributed by atoms with E-state index in [9.17, 15) is 9.90 Å². The van der Waals surface area contributed by atoms with Gasteiger partial charge in [0, 0.05) is 15.3 Å². The number of thiophene rings is 1. The third kappa shape index (κ3) is 3.57. The van der Waals surface area contributed by atoms with E-state index < -0.39 is 0 Å². The van der Waals surface area contributed by atoms with Crippen LogP contribution in [0.15, 0.2) is 42.5 Å². The number of allylic oxidation sites excluding steroid dienone is 1. The molecule has 0 spiro atoms. The number of thiazole rings is 1. The van der Waals surface area contributed by atoms with Gasteiger partial charge in [0.15, 0.2) is 5.78 Å². The number of benzene rings is 1. The molecule has 1 N–H and O–H groups in total. The Morgan fingerprint density at radius 2 is 1.83 bits per heavy atom. The maximum absolute atomic E-state index is 12.4. The number of aromatic hydroxyl groups is 1. The van der Waals surface area contributed by atoms with Crippen molar-refractivity contribution in [3.8, 4) is 16.3 Å². The van der Waals surface area contributed by atoms with E-state index in [2.05, 4.69) is 4.98 Å². The van der Waals surface area contributed by atoms with Crippen LogP contribution in [0.5, 0.6) is 5.75 Å². The number of nitrogens with zero attached hydrogens (tertiary/aromatic N) is 1. The average molecular weight is 341 g/mol. The van der Waals surface area contributed by atoms with E-state index in [-0.39, 0.29) is 11.5 Å². The molecule has 0 fully saturated rings. The number of rotatable bonds is 4. The molecule has 0 radical (unpaired) electrons. The van der Waals surface area contributed by atoms with Crippen molar-refractivity contribution >= 4 is 34.5 Å². The van der Waals surface area contributed by atoms with Gasteiger partial charge in [-0.2, -0.15) is 0 Å². The van der Waals surface area contributed by atoms with Crippen LogP contribution in [0.4, 0.5) is 0 Å². The Labute approximate surface area is 142 Å². The molecule has 23 heavy (non-hydrogen) atoms. The standard InChI is InChI=1S/C18H15NO2S2/c1-11-3-8-15(22-11)9-10-16(21)17-12(2)19-18(23-17)13-4-6-14(20)7-5-13/h3-10,20H,1-2H3/b10-9+. The van der Waals surface area contributed by atoms with Crippen LogP contribution in [-0.4, -0.2) is 15.9 Å². The number of phenols is 1. The van der Waals surface area contributed by atoms with Gasteiger partial charge in [0.2, 0.25) is 0 Å². The Morgan fingerprint density at radius 3 is 2.48 bits per heavy atom. The molecule has 0 aliphatic rings. The normalized spacial score (nSPS) is 11.2. The molecule has 0 aliphatic carbocycles. The number of carbonyl (C=O) groups is 1. The Hall–Kier alpha value is -2.24. The summed E-state index contributed by atoms with van der Waals surface area (Å²) in [5.41, 5.74) is 1.63. The topological polar surface area (TPSA) is 50.2 Å². The third-order valence-electron chi connectivity index (χ3n) is 3.29. The van der Waals surface area contributed by atoms with E-state index in [4.69, 9.17) is 0 Å². The molecular formula is C18H15NO2S2. The Bertz CT molecular complexity index is 873. The molecule has 0 unspecified atom stereocenters. The summed E-state index contributed by atoms with van der Waals surface area (Å²) >= 11 is 3.03. The molecule has 1 aromatic carbocycles. The molecule has 116 valence electrons. The zero-order chi connectivity index (χ0) is 16.4. The van der Waals surface area contributed by atoms with Crippen LogP contribution in [0.25, 0.3) is 16.6 Å². The highest BCUT2D eigenvalue weighted by Gasteiger charge is 2.14. The number of carbonyl (C=O) groups excluding carboxylic acids is 1. The third-order valence-corrected chi connectivity index (χ3v) is 5.48. The fourth-order valence-corrected chi connectivity index (χ4v) is 3.90. The van der Waals surface area contributed by atoms with Crippen molar-refractivity contribution in [2.75, 3.05) is 0 Å². The fourth-order valence-electron chi connectivity index (χ4n) is 2.13. The van der Waals surface area contributed by atoms with Gasteiger partial charge in [-0.3, -0.25) is 4.79 Å². The molecule has 0 saturated heterocycles. The van der Waals surface area contributed by atoms with E-state index in [1.54, 1.807) is 41.7 Å². The molecule has 0 aliphatic heterocycles. The van der Waals surface area contributed by atoms with Gasteiger partial charge in [-0.05, 0) is 62.4 Å². The van der Waals surface area contributed by atoms with Crippen molar-refractivity contribution in [3.63, 3.8) is 0 Å². The van der Waals surface area contributed by atoms with Crippen molar-refractivity contribution in [1.29, 1.82) is 0 Å². The quantitative estimate of drug-likeness (QED) is 0.531. The summed E-state index contributed by atoms with van der Waals surface area (Å²) < 4.78 is 0. The van der Waals surface area contributed by atoms with Crippen molar-refractivity contribution in [2.24, 2.45) is 0 Å². The predicted molar refractivity (Wildman–Crippen MR) is 96.4 cm³/mol. The molecule has 3 rings (SSSR count). The lowest BCUT2D eigenvalue weighted by Crippen LogP contribution is -1.92. The number of aryl methyl sites for hydroxylation is 2. The van der Waals surface area contributed by atoms with Gasteiger partial charge in [-0.25, -0.2) is 4.98 Å². The average Bonchev–Trinajstić information content (AvgIpc) is 3.11. The van der Waals surface area contributed by atoms with Crippen LogP contribution in [0.1, 0.15) is 25.1 Å². The molecule has 0 amide bonds. The summed E-state index contributed by atoms with van der Waals surface area (Å²) in [5.74, 6) is 0.184. The summed E-state index contributed by atoms with van der Waals surface area (Å²) in [6, 6.07) is 10.9. The van der Waals surface area contributed by atoms with Crippen molar-refractivity contribution in [1.82, 2.24) is 4.98 Å². The maximum atomic E-state index is 12.4. The molecule has 5 heteroatoms. The number of hydrogen-bond acceptors (Lipinski definition) is 5. The molecular weight excluding hydrogens is 326 g/mol. The molecule has 0 saturated carbocycles. The Kier molecular flexibility index (Phi) is 4.41. The zero-order valence-electron chi connectivity index (χ0n) is 12.7. The lowest BCUT2D eigenvalue weighted by Gasteiger charge is -1.95. The first-order valence-corrected chi connectivity index (χ1v) is 8.72. The van der Waals surface area contributed by atoms with E-state index in [0.717, 1.165) is 21.1 Å². The second kappa shape index (κ2) is 6.48. The first-order chi connectivity index (χ1) is 11.0. The lowest BCUT2D eigenvalue weighted by molar-refractivity contribution is 0.105. The minimum absolute atomic E-state index is 0.0314. The first kappa shape index (κ1) is 15.6. The SMILES string of the molecule is Cc1ccc(/C=C/C(=O)c2sc(-c3ccc(O)cc3)nc2C)s1. The van der Waals surface area contributed by atoms with Crippen molar-refractivity contribution < 1.29 is 9.90 Å². The largest absolute Gasteiger partial charge is 0.508 e. The highest BCUT2D eigenvalue weighted by Crippen LogP contribution is 2.29. The molecule has 3 nitrogen and oxygen atoms in total. The summed E-state index contributed by atoms with van der Waals surface area (Å²) in [4.78, 5) is 19.8. The van der Waals surface area contributed by atoms with Gasteiger partial charge >= 0.3 is 0 Å². The molecule has 2 heterocycles. The predicted octanol–water partition coefficient (Wildman–Crippen LogP) is 5.09. The molecule has 0 atom stereocenters. The van der Waals surface area contributed by atoms with Gasteiger partial charge < -0.3 is 5.11 Å². The molecule has 2 aromatic heterocycles. The van der Waals surface area contributed by atoms with Crippen molar-refractivity contribution in [3.05, 3.63) is 62.8 Å². The zero-order valence-corrected chi connectivity index (χ0v) is 14.4. The smallest absolute Gasteiger partial charge is 0.197 e. The van der Waals surface area contributed by atoms with Crippen LogP contribution in [0.2, 0.25) is 0 Å². The highest BCUT2D eigenvalue weighted by molar-refractivity contribution is 7.17. The maximum Gasteiger partial charge on any atom is 0.197 e. The summed E-state index contributed by atoms with van der Waals surface area (Å²) in [5, 5.41) is 10.1.